The molecule has 0 bridgehead atoms. The predicted octanol–water partition coefficient (Wildman–Crippen LogP) is 5.45. The largest absolute Gasteiger partial charge is 0.462 e. The number of hydrogen-bond acceptors (Lipinski definition) is 10. The van der Waals surface area contributed by atoms with Gasteiger partial charge >= 0.3 is 11.9 Å². The number of carbonyl (C=O) groups is 4. The van der Waals surface area contributed by atoms with Crippen molar-refractivity contribution in [3.8, 4) is 0 Å². The van der Waals surface area contributed by atoms with E-state index in [1.54, 1.807) is 0 Å². The van der Waals surface area contributed by atoms with Gasteiger partial charge in [-0.15, -0.1) is 0 Å². The fourth-order valence-corrected chi connectivity index (χ4v) is 7.26. The molecule has 1 heterocycles. The summed E-state index contributed by atoms with van der Waals surface area (Å²) in [4.78, 5) is 50.0. The second-order valence-electron chi connectivity index (χ2n) is 17.4. The maximum Gasteiger partial charge on any atom is 0.311 e. The summed E-state index contributed by atoms with van der Waals surface area (Å²) < 4.78 is 28.6. The first-order chi connectivity index (χ1) is 25.5. The number of fused-ring (bicyclic) bond motifs is 1. The van der Waals surface area contributed by atoms with E-state index in [2.05, 4.69) is 63.5 Å². The van der Waals surface area contributed by atoms with Crippen LogP contribution >= 0.6 is 0 Å². The van der Waals surface area contributed by atoms with Crippen LogP contribution < -0.4 is 10.6 Å². The number of allylic oxidation sites excluding steroid dienone is 3. The molecule has 3 aliphatic rings. The zero-order valence-corrected chi connectivity index (χ0v) is 34.1. The highest BCUT2D eigenvalue weighted by atomic mass is 16.6. The molecule has 1 saturated heterocycles. The first-order valence-corrected chi connectivity index (χ1v) is 20.3. The zero-order chi connectivity index (χ0) is 39.7. The Morgan fingerprint density at radius 3 is 2.19 bits per heavy atom. The first kappa shape index (κ1) is 45.6. The number of amides is 2. The van der Waals surface area contributed by atoms with Crippen molar-refractivity contribution in [2.75, 3.05) is 52.7 Å². The summed E-state index contributed by atoms with van der Waals surface area (Å²) in [5, 5.41) is 15.9. The lowest BCUT2D eigenvalue weighted by atomic mass is 9.65. The molecule has 12 heteroatoms. The van der Waals surface area contributed by atoms with Crippen molar-refractivity contribution in [3.63, 3.8) is 0 Å². The maximum absolute atomic E-state index is 13.6. The number of aliphatic hydroxyl groups excluding tert-OH is 1. The van der Waals surface area contributed by atoms with Crippen molar-refractivity contribution in [3.05, 3.63) is 23.8 Å². The van der Waals surface area contributed by atoms with Crippen LogP contribution in [0.3, 0.4) is 0 Å². The van der Waals surface area contributed by atoms with Gasteiger partial charge in [-0.1, -0.05) is 52.8 Å². The minimum absolute atomic E-state index is 0.00701. The second-order valence-corrected chi connectivity index (χ2v) is 17.4. The summed E-state index contributed by atoms with van der Waals surface area (Å²) in [7, 11) is 0. The van der Waals surface area contributed by atoms with Gasteiger partial charge in [-0.2, -0.15) is 0 Å². The van der Waals surface area contributed by atoms with Gasteiger partial charge in [0, 0.05) is 64.7 Å². The molecule has 0 spiro atoms. The lowest BCUT2D eigenvalue weighted by Crippen LogP contribution is -2.43. The van der Waals surface area contributed by atoms with Crippen molar-refractivity contribution in [2.45, 2.75) is 131 Å². The molecule has 0 saturated carbocycles. The van der Waals surface area contributed by atoms with Crippen LogP contribution in [0.25, 0.3) is 0 Å². The summed E-state index contributed by atoms with van der Waals surface area (Å²) >= 11 is 0. The molecule has 0 aromatic heterocycles. The molecule has 2 aliphatic carbocycles. The van der Waals surface area contributed by atoms with Gasteiger partial charge in [0.05, 0.1) is 31.2 Å². The number of cyclic esters (lactones) is 1. The normalized spacial score (nSPS) is 25.7. The lowest BCUT2D eigenvalue weighted by Gasteiger charge is -2.44. The van der Waals surface area contributed by atoms with Crippen LogP contribution in [0.5, 0.6) is 0 Å². The van der Waals surface area contributed by atoms with E-state index < -0.39 is 11.5 Å². The van der Waals surface area contributed by atoms with Crippen molar-refractivity contribution < 1.29 is 48.0 Å². The fourth-order valence-electron chi connectivity index (χ4n) is 7.26. The van der Waals surface area contributed by atoms with Crippen molar-refractivity contribution in [1.29, 1.82) is 0 Å². The Kier molecular flexibility index (Phi) is 19.1. The Labute approximate surface area is 323 Å². The summed E-state index contributed by atoms with van der Waals surface area (Å²) in [6, 6.07) is 0. The number of esters is 2. The van der Waals surface area contributed by atoms with Gasteiger partial charge < -0.3 is 39.4 Å². The van der Waals surface area contributed by atoms with Crippen molar-refractivity contribution in [1.82, 2.24) is 10.6 Å². The average Bonchev–Trinajstić information content (AvgIpc) is 3.09. The predicted molar refractivity (Wildman–Crippen MR) is 206 cm³/mol. The number of nitrogens with one attached hydrogen (secondary N) is 2. The topological polar surface area (TPSA) is 159 Å². The van der Waals surface area contributed by atoms with E-state index in [9.17, 15) is 24.3 Å². The van der Waals surface area contributed by atoms with E-state index in [1.165, 1.54) is 5.57 Å². The Hall–Kier alpha value is -2.80. The van der Waals surface area contributed by atoms with Gasteiger partial charge in [0.2, 0.25) is 11.8 Å². The molecule has 0 radical (unpaired) electrons. The number of ether oxygens (including phenoxy) is 5. The minimum Gasteiger partial charge on any atom is -0.462 e. The van der Waals surface area contributed by atoms with E-state index >= 15 is 0 Å². The second kappa shape index (κ2) is 22.7. The molecular weight excluding hydrogens is 692 g/mol. The van der Waals surface area contributed by atoms with E-state index in [-0.39, 0.29) is 77.9 Å². The van der Waals surface area contributed by atoms with Gasteiger partial charge in [-0.05, 0) is 81.1 Å². The number of hydrogen-bond donors (Lipinski definition) is 3. The third kappa shape index (κ3) is 16.9. The van der Waals surface area contributed by atoms with Gasteiger partial charge in [-0.25, -0.2) is 0 Å². The van der Waals surface area contributed by atoms with Gasteiger partial charge in [0.25, 0.3) is 0 Å². The molecule has 1 aliphatic heterocycles. The Morgan fingerprint density at radius 1 is 0.870 bits per heavy atom. The molecule has 0 unspecified atom stereocenters. The van der Waals surface area contributed by atoms with E-state index in [4.69, 9.17) is 23.7 Å². The molecule has 1 fully saturated rings. The third-order valence-corrected chi connectivity index (χ3v) is 10.5. The summed E-state index contributed by atoms with van der Waals surface area (Å²) in [6.45, 7) is 18.3. The Balaban J connectivity index is 1.27. The van der Waals surface area contributed by atoms with Gasteiger partial charge in [0.15, 0.2) is 0 Å². The van der Waals surface area contributed by atoms with Crippen LogP contribution in [0.2, 0.25) is 0 Å². The van der Waals surface area contributed by atoms with Crippen molar-refractivity contribution in [2.24, 2.45) is 34.5 Å². The molecule has 12 nitrogen and oxygen atoms in total. The van der Waals surface area contributed by atoms with Gasteiger partial charge in [-0.3, -0.25) is 19.2 Å². The molecule has 2 amide bonds. The molecule has 3 N–H and O–H groups in total. The standard InChI is InChI=1S/C42H70N2O10/c1-29-24-31-11-10-30(2)34(13-12-33-26-32(45)27-38(48)53-33)39(31)35(25-29)54-40(49)42(6,7)16-14-36(46)43-17-23-52-21-9-19-50-18-8-20-51-22-15-37(47)44-28-41(3,4)5/h10-11,24,29-30,32-35,39,45H,8-9,12-23,25-28H2,1-7H3,(H,43,46)(H,44,47)/t29-,30-,32+,33+,34-,35-,39-/m0/s1. The lowest BCUT2D eigenvalue weighted by molar-refractivity contribution is -0.166. The highest BCUT2D eigenvalue weighted by Gasteiger charge is 2.43. The first-order valence-electron chi connectivity index (χ1n) is 20.3. The summed E-state index contributed by atoms with van der Waals surface area (Å²) in [5.74, 6) is -0.0190. The number of aliphatic hydroxyl groups is 1. The van der Waals surface area contributed by atoms with E-state index in [1.807, 2.05) is 13.8 Å². The monoisotopic (exact) mass is 763 g/mol. The summed E-state index contributed by atoms with van der Waals surface area (Å²) in [6.07, 6.45) is 10.5. The maximum atomic E-state index is 13.6. The minimum atomic E-state index is -0.842. The van der Waals surface area contributed by atoms with E-state index in [0.29, 0.717) is 78.4 Å². The smallest absolute Gasteiger partial charge is 0.311 e. The summed E-state index contributed by atoms with van der Waals surface area (Å²) in [5.41, 5.74) is 0.412. The Morgan fingerprint density at radius 2 is 1.52 bits per heavy atom. The highest BCUT2D eigenvalue weighted by Crippen LogP contribution is 2.45. The molecule has 3 rings (SSSR count). The third-order valence-electron chi connectivity index (χ3n) is 10.5. The number of carbonyl (C=O) groups excluding carboxylic acids is 4. The SMILES string of the molecule is C[C@H]1C=C2C=C[C@H](C)[C@H](CC[C@@H]3C[C@@H](O)CC(=O)O3)[C@H]2[C@@H](OC(=O)C(C)(C)CCC(=O)NCCOCCCOCCCOCCC(=O)NCC(C)(C)C)C1. The van der Waals surface area contributed by atoms with Crippen LogP contribution in [0, 0.1) is 34.5 Å². The van der Waals surface area contributed by atoms with Crippen LogP contribution in [-0.2, 0) is 42.9 Å². The molecule has 0 aromatic rings. The van der Waals surface area contributed by atoms with E-state index in [0.717, 1.165) is 25.7 Å². The highest BCUT2D eigenvalue weighted by molar-refractivity contribution is 5.79. The molecule has 7 atom stereocenters. The average molecular weight is 763 g/mol. The van der Waals surface area contributed by atoms with Crippen LogP contribution in [-0.4, -0.2) is 99.9 Å². The Bertz CT molecular complexity index is 1260. The molecular formula is C42H70N2O10. The zero-order valence-electron chi connectivity index (χ0n) is 34.1. The van der Waals surface area contributed by atoms with Crippen LogP contribution in [0.1, 0.15) is 113 Å². The van der Waals surface area contributed by atoms with Crippen LogP contribution in [0.4, 0.5) is 0 Å². The fraction of sp³-hybridized carbons (Fsp3) is 0.810. The molecule has 0 aromatic carbocycles. The van der Waals surface area contributed by atoms with Crippen molar-refractivity contribution >= 4 is 23.8 Å². The molecule has 54 heavy (non-hydrogen) atoms. The number of rotatable bonds is 23. The quantitative estimate of drug-likeness (QED) is 0.0903. The van der Waals surface area contributed by atoms with Gasteiger partial charge in [0.1, 0.15) is 12.2 Å². The van der Waals surface area contributed by atoms with Crippen LogP contribution in [0.15, 0.2) is 23.8 Å². The molecule has 308 valence electrons.